The Morgan fingerprint density at radius 3 is 1.08 bits per heavy atom. The van der Waals surface area contributed by atoms with Crippen LogP contribution in [-0.4, -0.2) is 66.5 Å². The molecule has 0 aromatic carbocycles. The van der Waals surface area contributed by atoms with Crippen LogP contribution in [0.4, 0.5) is 0 Å². The molecule has 0 rings (SSSR count). The number of hydrogen-bond acceptors (Lipinski definition) is 10. The molecule has 12 heteroatoms. The van der Waals surface area contributed by atoms with Crippen molar-refractivity contribution in [1.29, 1.82) is 0 Å². The van der Waals surface area contributed by atoms with E-state index >= 15 is 0 Å². The van der Waals surface area contributed by atoms with Crippen molar-refractivity contribution in [1.82, 2.24) is 0 Å². The molecule has 0 aliphatic carbocycles. The highest BCUT2D eigenvalue weighted by Gasteiger charge is 2.28. The number of ether oxygens (including phenoxy) is 3. The Bertz CT molecular complexity index is 1750. The number of carbonyl (C=O) groups excluding carboxylic acids is 3. The van der Waals surface area contributed by atoms with Gasteiger partial charge < -0.3 is 24.2 Å². The van der Waals surface area contributed by atoms with E-state index in [0.717, 1.165) is 128 Å². The van der Waals surface area contributed by atoms with Crippen molar-refractivity contribution in [3.8, 4) is 0 Å². The van der Waals surface area contributed by atoms with Crippen LogP contribution in [0.3, 0.4) is 0 Å². The van der Waals surface area contributed by atoms with E-state index in [2.05, 4.69) is 142 Å². The SMILES string of the molecule is CC/C=C\C/C=C\C/C=C\C/C=C\C/C=C\CCCC(=O)OC(COC(=O)CCCCC/C=C\C/C=C\C/C=C\CC)COP(=O)(O)OCC(CO)OC(=O)CCCCCCCCC/C=C\C/C=C\C/C=C\CC. The molecule has 0 aliphatic heterocycles. The van der Waals surface area contributed by atoms with Gasteiger partial charge in [0.2, 0.25) is 0 Å². The second-order valence-electron chi connectivity index (χ2n) is 18.0. The Kier molecular flexibility index (Phi) is 51.6. The predicted molar refractivity (Wildman–Crippen MR) is 306 cm³/mol. The number of esters is 3. The van der Waals surface area contributed by atoms with Gasteiger partial charge in [0.05, 0.1) is 19.8 Å². The van der Waals surface area contributed by atoms with Crippen LogP contribution in [0.1, 0.15) is 201 Å². The summed E-state index contributed by atoms with van der Waals surface area (Å²) in [7, 11) is -4.78. The summed E-state index contributed by atoms with van der Waals surface area (Å²) in [6.07, 6.45) is 68.5. The van der Waals surface area contributed by atoms with Crippen LogP contribution in [-0.2, 0) is 42.2 Å². The lowest BCUT2D eigenvalue weighted by atomic mass is 10.1. The van der Waals surface area contributed by atoms with Crippen molar-refractivity contribution in [2.45, 2.75) is 213 Å². The van der Waals surface area contributed by atoms with Crippen LogP contribution < -0.4 is 0 Å². The van der Waals surface area contributed by atoms with Crippen molar-refractivity contribution in [2.24, 2.45) is 0 Å². The first-order valence-corrected chi connectivity index (χ1v) is 29.6. The monoisotopic (exact) mass is 1050 g/mol. The van der Waals surface area contributed by atoms with E-state index in [1.54, 1.807) is 0 Å². The first kappa shape index (κ1) is 69.6. The molecule has 0 aromatic heterocycles. The first-order valence-electron chi connectivity index (χ1n) is 28.1. The van der Waals surface area contributed by atoms with Gasteiger partial charge in [-0.25, -0.2) is 4.57 Å². The molecule has 418 valence electrons. The van der Waals surface area contributed by atoms with Crippen LogP contribution in [0, 0.1) is 0 Å². The summed E-state index contributed by atoms with van der Waals surface area (Å²) in [6.45, 7) is 4.17. The fraction of sp³-hybridized carbons (Fsp3) is 0.597. The van der Waals surface area contributed by atoms with E-state index in [1.807, 2.05) is 12.2 Å². The third kappa shape index (κ3) is 52.5. The van der Waals surface area contributed by atoms with Gasteiger partial charge in [0.25, 0.3) is 0 Å². The molecule has 0 amide bonds. The third-order valence-electron chi connectivity index (χ3n) is 11.1. The molecule has 3 unspecified atom stereocenters. The lowest BCUT2D eigenvalue weighted by Gasteiger charge is -2.21. The molecule has 0 aromatic rings. The van der Waals surface area contributed by atoms with Gasteiger partial charge in [0.1, 0.15) is 12.7 Å². The van der Waals surface area contributed by atoms with Crippen molar-refractivity contribution < 1.29 is 52.2 Å². The number of aliphatic hydroxyl groups is 1. The Labute approximate surface area is 449 Å². The quantitative estimate of drug-likeness (QED) is 0.0197. The average molecular weight is 1050 g/mol. The normalized spacial score (nSPS) is 14.4. The summed E-state index contributed by atoms with van der Waals surface area (Å²) in [6, 6.07) is 0. The van der Waals surface area contributed by atoms with Crippen molar-refractivity contribution in [2.75, 3.05) is 26.4 Å². The van der Waals surface area contributed by atoms with Gasteiger partial charge in [-0.2, -0.15) is 0 Å². The number of phosphoric acid groups is 1. The third-order valence-corrected chi connectivity index (χ3v) is 12.0. The number of unbranched alkanes of at least 4 members (excludes halogenated alkanes) is 11. The maximum atomic E-state index is 12.9. The van der Waals surface area contributed by atoms with Gasteiger partial charge >= 0.3 is 25.7 Å². The molecule has 0 bridgehead atoms. The highest BCUT2D eigenvalue weighted by molar-refractivity contribution is 7.47. The van der Waals surface area contributed by atoms with Gasteiger partial charge in [0.15, 0.2) is 6.10 Å². The van der Waals surface area contributed by atoms with E-state index < -0.39 is 57.8 Å². The number of rotatable bonds is 50. The van der Waals surface area contributed by atoms with Gasteiger partial charge in [-0.15, -0.1) is 0 Å². The molecule has 74 heavy (non-hydrogen) atoms. The topological polar surface area (TPSA) is 155 Å². The number of allylic oxidation sites excluding steroid dienone is 22. The van der Waals surface area contributed by atoms with Crippen LogP contribution in [0.15, 0.2) is 134 Å². The van der Waals surface area contributed by atoms with E-state index in [9.17, 15) is 28.9 Å². The van der Waals surface area contributed by atoms with Crippen LogP contribution >= 0.6 is 7.82 Å². The van der Waals surface area contributed by atoms with Crippen molar-refractivity contribution in [3.63, 3.8) is 0 Å². The van der Waals surface area contributed by atoms with Crippen molar-refractivity contribution >= 4 is 25.7 Å². The van der Waals surface area contributed by atoms with Gasteiger partial charge in [-0.1, -0.05) is 193 Å². The van der Waals surface area contributed by atoms with E-state index in [1.165, 1.54) is 6.42 Å². The fourth-order valence-electron chi connectivity index (χ4n) is 6.89. The Morgan fingerprint density at radius 1 is 0.378 bits per heavy atom. The number of carbonyl (C=O) groups is 3. The zero-order chi connectivity index (χ0) is 54.1. The highest BCUT2D eigenvalue weighted by Crippen LogP contribution is 2.43. The van der Waals surface area contributed by atoms with Gasteiger partial charge in [-0.3, -0.25) is 23.4 Å². The minimum atomic E-state index is -4.78. The molecule has 0 saturated heterocycles. The summed E-state index contributed by atoms with van der Waals surface area (Å²) in [5.74, 6) is -1.60. The summed E-state index contributed by atoms with van der Waals surface area (Å²) in [5.41, 5.74) is 0. The molecule has 0 fully saturated rings. The number of phosphoric ester groups is 1. The van der Waals surface area contributed by atoms with Gasteiger partial charge in [0, 0.05) is 19.3 Å². The van der Waals surface area contributed by atoms with E-state index in [4.69, 9.17) is 23.3 Å². The summed E-state index contributed by atoms with van der Waals surface area (Å²) in [4.78, 5) is 48.5. The molecular formula is C62H99O11P. The lowest BCUT2D eigenvalue weighted by Crippen LogP contribution is -2.30. The molecule has 11 nitrogen and oxygen atoms in total. The molecule has 0 radical (unpaired) electrons. The molecule has 0 spiro atoms. The summed E-state index contributed by atoms with van der Waals surface area (Å²) >= 11 is 0. The first-order chi connectivity index (χ1) is 36.2. The number of aliphatic hydroxyl groups excluding tert-OH is 1. The zero-order valence-corrected chi connectivity index (χ0v) is 46.9. The minimum absolute atomic E-state index is 0.0747. The van der Waals surface area contributed by atoms with E-state index in [-0.39, 0.29) is 25.9 Å². The summed E-state index contributed by atoms with van der Waals surface area (Å²) in [5, 5.41) is 9.81. The number of hydrogen-bond donors (Lipinski definition) is 2. The van der Waals surface area contributed by atoms with Crippen LogP contribution in [0.5, 0.6) is 0 Å². The molecule has 3 atom stereocenters. The largest absolute Gasteiger partial charge is 0.472 e. The second-order valence-corrected chi connectivity index (χ2v) is 19.4. The Morgan fingerprint density at radius 2 is 0.676 bits per heavy atom. The molecule has 0 saturated carbocycles. The highest BCUT2D eigenvalue weighted by atomic mass is 31.2. The maximum Gasteiger partial charge on any atom is 0.472 e. The fourth-order valence-corrected chi connectivity index (χ4v) is 7.67. The smallest absolute Gasteiger partial charge is 0.462 e. The van der Waals surface area contributed by atoms with E-state index in [0.29, 0.717) is 25.7 Å². The molecule has 0 aliphatic rings. The molecule has 0 heterocycles. The minimum Gasteiger partial charge on any atom is -0.462 e. The van der Waals surface area contributed by atoms with Gasteiger partial charge in [-0.05, 0) is 122 Å². The molecular weight excluding hydrogens is 952 g/mol. The summed E-state index contributed by atoms with van der Waals surface area (Å²) < 4.78 is 39.4. The van der Waals surface area contributed by atoms with Crippen molar-refractivity contribution in [3.05, 3.63) is 134 Å². The second kappa shape index (κ2) is 54.9. The standard InChI is InChI=1S/C62H99O11P/c1-4-7-10-13-16-19-22-25-27-29-31-34-37-40-43-46-49-52-61(65)72-58(54-63)56-70-74(67,68)71-57-59(55-69-60(64)51-48-45-42-39-36-33-24-21-18-15-12-9-6-3)73-62(66)53-50-47-44-41-38-35-32-30-28-26-23-20-17-14-11-8-5-2/h7-12,16-21,25-28,32-33,35-36,41,44,58-59,63H,4-6,13-15,22-24,29-31,34,37-40,42-43,45-57H2,1-3H3,(H,67,68)/b10-7-,11-8-,12-9-,19-16-,20-17-,21-18-,27-25-,28-26-,35-32-,36-33-,44-41-. The Hall–Kier alpha value is -4.38. The van der Waals surface area contributed by atoms with Crippen LogP contribution in [0.2, 0.25) is 0 Å². The average Bonchev–Trinajstić information content (AvgIpc) is 3.39. The lowest BCUT2D eigenvalue weighted by molar-refractivity contribution is -0.161. The predicted octanol–water partition coefficient (Wildman–Crippen LogP) is 16.6. The van der Waals surface area contributed by atoms with Crippen LogP contribution in [0.25, 0.3) is 0 Å². The molecule has 2 N–H and O–H groups in total. The maximum absolute atomic E-state index is 12.9. The zero-order valence-electron chi connectivity index (χ0n) is 46.0. The Balaban J connectivity index is 4.84.